The Morgan fingerprint density at radius 1 is 1.08 bits per heavy atom. The molecule has 0 atom stereocenters. The molecular weight excluding hydrogens is 573 g/mol. The second-order valence-corrected chi connectivity index (χ2v) is 10.8. The summed E-state index contributed by atoms with van der Waals surface area (Å²) in [5.41, 5.74) is 1.33. The van der Waals surface area contributed by atoms with E-state index in [2.05, 4.69) is 41.8 Å². The number of carbonyl (C=O) groups is 2. The lowest BCUT2D eigenvalue weighted by atomic mass is 10.1. The molecule has 11 nitrogen and oxygen atoms in total. The van der Waals surface area contributed by atoms with Crippen molar-refractivity contribution in [3.05, 3.63) is 69.6 Å². The van der Waals surface area contributed by atoms with E-state index in [1.165, 1.54) is 18.2 Å². The van der Waals surface area contributed by atoms with Gasteiger partial charge in [0.2, 0.25) is 5.82 Å². The van der Waals surface area contributed by atoms with Gasteiger partial charge < -0.3 is 20.3 Å². The number of amides is 2. The third-order valence-corrected chi connectivity index (χ3v) is 6.40. The quantitative estimate of drug-likeness (QED) is 0.273. The zero-order valence-corrected chi connectivity index (χ0v) is 23.3. The van der Waals surface area contributed by atoms with Gasteiger partial charge in [-0.3, -0.25) is 15.1 Å². The van der Waals surface area contributed by atoms with Gasteiger partial charge in [-0.05, 0) is 82.9 Å². The first kappa shape index (κ1) is 28.2. The van der Waals surface area contributed by atoms with Gasteiger partial charge in [-0.15, -0.1) is 0 Å². The molecule has 1 fully saturated rings. The van der Waals surface area contributed by atoms with Crippen LogP contribution >= 0.6 is 15.9 Å². The van der Waals surface area contributed by atoms with Gasteiger partial charge in [0.05, 0.1) is 4.47 Å². The number of rotatable bonds is 6. The lowest BCUT2D eigenvalue weighted by molar-refractivity contribution is 0.0139. The number of ether oxygens (including phenoxy) is 1. The molecule has 39 heavy (non-hydrogen) atoms. The SMILES string of the molecule is CC(C)(C)OC(=O)N1CCN(Cc2ccc(C(=O)Nc3nonc3C(=N)Nc3ccc(F)c(Br)c3)cc2)CC1. The van der Waals surface area contributed by atoms with E-state index in [0.717, 1.165) is 18.7 Å². The molecule has 0 spiro atoms. The van der Waals surface area contributed by atoms with E-state index in [9.17, 15) is 14.0 Å². The van der Waals surface area contributed by atoms with E-state index in [1.807, 2.05) is 32.9 Å². The molecular formula is C26H29BrFN7O4. The highest BCUT2D eigenvalue weighted by Gasteiger charge is 2.26. The van der Waals surface area contributed by atoms with Crippen LogP contribution in [0.5, 0.6) is 0 Å². The van der Waals surface area contributed by atoms with Crippen LogP contribution in [0.1, 0.15) is 42.4 Å². The van der Waals surface area contributed by atoms with Crippen LogP contribution < -0.4 is 10.6 Å². The molecule has 206 valence electrons. The zero-order valence-electron chi connectivity index (χ0n) is 21.8. The van der Waals surface area contributed by atoms with Crippen LogP contribution in [0.15, 0.2) is 51.6 Å². The second kappa shape index (κ2) is 11.9. The van der Waals surface area contributed by atoms with Crippen molar-refractivity contribution in [1.82, 2.24) is 20.1 Å². The second-order valence-electron chi connectivity index (χ2n) is 9.98. The van der Waals surface area contributed by atoms with Gasteiger partial charge >= 0.3 is 6.09 Å². The Labute approximate surface area is 233 Å². The van der Waals surface area contributed by atoms with Crippen LogP contribution in [0, 0.1) is 11.2 Å². The molecule has 1 aliphatic heterocycles. The summed E-state index contributed by atoms with van der Waals surface area (Å²) in [5.74, 6) is -1.09. The van der Waals surface area contributed by atoms with Gasteiger partial charge in [0.25, 0.3) is 5.91 Å². The minimum atomic E-state index is -0.520. The Hall–Kier alpha value is -3.84. The molecule has 4 rings (SSSR count). The number of aromatic nitrogens is 2. The monoisotopic (exact) mass is 601 g/mol. The fourth-order valence-corrected chi connectivity index (χ4v) is 4.21. The van der Waals surface area contributed by atoms with Crippen LogP contribution in [0.25, 0.3) is 0 Å². The predicted molar refractivity (Wildman–Crippen MR) is 146 cm³/mol. The number of hydrogen-bond donors (Lipinski definition) is 3. The highest BCUT2D eigenvalue weighted by molar-refractivity contribution is 9.10. The van der Waals surface area contributed by atoms with Crippen LogP contribution in [-0.4, -0.2) is 69.7 Å². The molecule has 2 amide bonds. The molecule has 0 radical (unpaired) electrons. The minimum Gasteiger partial charge on any atom is -0.444 e. The molecule has 0 aliphatic carbocycles. The van der Waals surface area contributed by atoms with Crippen molar-refractivity contribution in [3.8, 4) is 0 Å². The lowest BCUT2D eigenvalue weighted by Crippen LogP contribution is -2.49. The van der Waals surface area contributed by atoms with Crippen molar-refractivity contribution in [3.63, 3.8) is 0 Å². The highest BCUT2D eigenvalue weighted by Crippen LogP contribution is 2.21. The van der Waals surface area contributed by atoms with E-state index < -0.39 is 17.3 Å². The van der Waals surface area contributed by atoms with E-state index >= 15 is 0 Å². The Bertz CT molecular complexity index is 1350. The van der Waals surface area contributed by atoms with Crippen LogP contribution in [0.3, 0.4) is 0 Å². The van der Waals surface area contributed by atoms with Crippen molar-refractivity contribution in [2.75, 3.05) is 36.8 Å². The van der Waals surface area contributed by atoms with Crippen LogP contribution in [0.4, 0.5) is 20.7 Å². The summed E-state index contributed by atoms with van der Waals surface area (Å²) >= 11 is 3.10. The smallest absolute Gasteiger partial charge is 0.410 e. The Balaban J connectivity index is 1.30. The molecule has 1 saturated heterocycles. The third kappa shape index (κ3) is 7.60. The molecule has 0 bridgehead atoms. The van der Waals surface area contributed by atoms with Gasteiger partial charge in [-0.1, -0.05) is 12.1 Å². The first-order valence-corrected chi connectivity index (χ1v) is 13.0. The first-order chi connectivity index (χ1) is 18.5. The number of piperazine rings is 1. The molecule has 0 unspecified atom stereocenters. The van der Waals surface area contributed by atoms with Crippen LogP contribution in [-0.2, 0) is 11.3 Å². The number of nitrogens with zero attached hydrogens (tertiary/aromatic N) is 4. The number of halogens is 2. The van der Waals surface area contributed by atoms with Crippen molar-refractivity contribution >= 4 is 45.3 Å². The topological polar surface area (TPSA) is 137 Å². The van der Waals surface area contributed by atoms with Crippen LogP contribution in [0.2, 0.25) is 0 Å². The van der Waals surface area contributed by atoms with Gasteiger partial charge in [-0.25, -0.2) is 13.8 Å². The van der Waals surface area contributed by atoms with E-state index in [-0.39, 0.29) is 27.9 Å². The molecule has 13 heteroatoms. The van der Waals surface area contributed by atoms with Gasteiger partial charge in [0.1, 0.15) is 11.4 Å². The standard InChI is InChI=1S/C26H29BrFN7O4/c1-26(2,3)38-25(37)35-12-10-34(11-13-35)15-16-4-6-17(7-5-16)24(36)31-23-21(32-39-33-23)22(29)30-18-8-9-20(28)19(27)14-18/h4-9,14H,10-13,15H2,1-3H3,(H2,29,30)(H,31,33,36). The lowest BCUT2D eigenvalue weighted by Gasteiger charge is -2.35. The molecule has 1 aliphatic rings. The Morgan fingerprint density at radius 2 is 1.77 bits per heavy atom. The molecule has 2 aromatic carbocycles. The molecule has 3 N–H and O–H groups in total. The number of benzene rings is 2. The fourth-order valence-electron chi connectivity index (χ4n) is 3.83. The van der Waals surface area contributed by atoms with Gasteiger partial charge in [-0.2, -0.15) is 0 Å². The molecule has 0 saturated carbocycles. The summed E-state index contributed by atoms with van der Waals surface area (Å²) in [6, 6.07) is 11.3. The summed E-state index contributed by atoms with van der Waals surface area (Å²) in [4.78, 5) is 29.0. The molecule has 2 heterocycles. The number of nitrogens with one attached hydrogen (secondary N) is 3. The average Bonchev–Trinajstić information content (AvgIpc) is 3.34. The Morgan fingerprint density at radius 3 is 2.41 bits per heavy atom. The predicted octanol–water partition coefficient (Wildman–Crippen LogP) is 4.71. The normalized spacial score (nSPS) is 14.1. The van der Waals surface area contributed by atoms with Gasteiger partial charge in [0.15, 0.2) is 11.5 Å². The fraction of sp³-hybridized carbons (Fsp3) is 0.346. The minimum absolute atomic E-state index is 0.00839. The molecule has 1 aromatic heterocycles. The zero-order chi connectivity index (χ0) is 28.2. The maximum Gasteiger partial charge on any atom is 0.410 e. The number of amidine groups is 1. The molecule has 3 aromatic rings. The maximum atomic E-state index is 13.5. The summed E-state index contributed by atoms with van der Waals surface area (Å²) < 4.78 is 23.9. The van der Waals surface area contributed by atoms with E-state index in [4.69, 9.17) is 14.8 Å². The Kier molecular flexibility index (Phi) is 8.60. The van der Waals surface area contributed by atoms with Crippen molar-refractivity contribution < 1.29 is 23.3 Å². The van der Waals surface area contributed by atoms with Gasteiger partial charge in [0, 0.05) is 44.0 Å². The number of carbonyl (C=O) groups excluding carboxylic acids is 2. The third-order valence-electron chi connectivity index (χ3n) is 5.79. The van der Waals surface area contributed by atoms with E-state index in [1.54, 1.807) is 17.0 Å². The largest absolute Gasteiger partial charge is 0.444 e. The first-order valence-electron chi connectivity index (χ1n) is 12.2. The summed E-state index contributed by atoms with van der Waals surface area (Å²) in [6.07, 6.45) is -0.294. The van der Waals surface area contributed by atoms with Crippen molar-refractivity contribution in [2.45, 2.75) is 32.9 Å². The van der Waals surface area contributed by atoms with Crippen molar-refractivity contribution in [2.24, 2.45) is 0 Å². The highest BCUT2D eigenvalue weighted by atomic mass is 79.9. The maximum absolute atomic E-state index is 13.5. The number of anilines is 2. The average molecular weight is 602 g/mol. The summed E-state index contributed by atoms with van der Waals surface area (Å²) in [6.45, 7) is 8.86. The van der Waals surface area contributed by atoms with Crippen molar-refractivity contribution in [1.29, 1.82) is 5.41 Å². The summed E-state index contributed by atoms with van der Waals surface area (Å²) in [5, 5.41) is 21.0. The van der Waals surface area contributed by atoms with E-state index in [0.29, 0.717) is 30.9 Å². The summed E-state index contributed by atoms with van der Waals surface area (Å²) in [7, 11) is 0. The number of hydrogen-bond acceptors (Lipinski definition) is 8.